The lowest BCUT2D eigenvalue weighted by Crippen LogP contribution is -2.41. The van der Waals surface area contributed by atoms with E-state index in [1.54, 1.807) is 17.0 Å². The molecule has 1 saturated heterocycles. The van der Waals surface area contributed by atoms with Crippen molar-refractivity contribution in [2.45, 2.75) is 19.0 Å². The van der Waals surface area contributed by atoms with E-state index in [-0.39, 0.29) is 24.3 Å². The molecular formula is C14H19N5O2. The van der Waals surface area contributed by atoms with Crippen molar-refractivity contribution >= 4 is 17.6 Å². The zero-order valence-electron chi connectivity index (χ0n) is 11.6. The number of hydrogen-bond donors (Lipinski definition) is 4. The summed E-state index contributed by atoms with van der Waals surface area (Å²) in [5, 5.41) is 10.3. The average molecular weight is 289 g/mol. The van der Waals surface area contributed by atoms with Crippen LogP contribution in [-0.2, 0) is 16.1 Å². The number of nitrogens with one attached hydrogen (secondary N) is 2. The van der Waals surface area contributed by atoms with Crippen LogP contribution >= 0.6 is 0 Å². The van der Waals surface area contributed by atoms with Crippen LogP contribution in [-0.4, -0.2) is 41.7 Å². The van der Waals surface area contributed by atoms with Crippen LogP contribution in [0.25, 0.3) is 0 Å². The van der Waals surface area contributed by atoms with Gasteiger partial charge in [-0.3, -0.25) is 20.3 Å². The average Bonchev–Trinajstić information content (AvgIpc) is 2.78. The number of rotatable bonds is 6. The molecule has 7 heteroatoms. The molecule has 21 heavy (non-hydrogen) atoms. The molecule has 6 N–H and O–H groups in total. The minimum Gasteiger partial charge on any atom is -0.384 e. The van der Waals surface area contributed by atoms with Crippen molar-refractivity contribution in [3.05, 3.63) is 35.4 Å². The lowest BCUT2D eigenvalue weighted by atomic mass is 10.1. The summed E-state index contributed by atoms with van der Waals surface area (Å²) in [4.78, 5) is 24.6. The minimum atomic E-state index is -0.476. The quantitative estimate of drug-likeness (QED) is 0.402. The highest BCUT2D eigenvalue weighted by Crippen LogP contribution is 2.16. The van der Waals surface area contributed by atoms with Crippen LogP contribution in [0.3, 0.4) is 0 Å². The molecule has 0 unspecified atom stereocenters. The first kappa shape index (κ1) is 15.0. The Balaban J connectivity index is 1.98. The van der Waals surface area contributed by atoms with E-state index >= 15 is 0 Å². The Kier molecular flexibility index (Phi) is 4.54. The first-order chi connectivity index (χ1) is 9.97. The Morgan fingerprint density at radius 3 is 2.86 bits per heavy atom. The summed E-state index contributed by atoms with van der Waals surface area (Å²) < 4.78 is 0. The van der Waals surface area contributed by atoms with E-state index in [4.69, 9.17) is 16.9 Å². The highest BCUT2D eigenvalue weighted by atomic mass is 16.2. The van der Waals surface area contributed by atoms with Crippen LogP contribution in [0, 0.1) is 5.41 Å². The highest BCUT2D eigenvalue weighted by Gasteiger charge is 2.31. The molecule has 0 radical (unpaired) electrons. The molecule has 1 aliphatic rings. The van der Waals surface area contributed by atoms with Crippen molar-refractivity contribution in [3.63, 3.8) is 0 Å². The maximum absolute atomic E-state index is 12.2. The number of carbonyl (C=O) groups excluding carboxylic acids is 2. The van der Waals surface area contributed by atoms with Gasteiger partial charge in [-0.15, -0.1) is 0 Å². The predicted octanol–water partition coefficient (Wildman–Crippen LogP) is -0.854. The first-order valence-corrected chi connectivity index (χ1v) is 6.71. The molecule has 1 fully saturated rings. The Labute approximate surface area is 122 Å². The zero-order chi connectivity index (χ0) is 15.4. The molecule has 2 amide bonds. The van der Waals surface area contributed by atoms with Gasteiger partial charge in [0, 0.05) is 18.7 Å². The van der Waals surface area contributed by atoms with Gasteiger partial charge >= 0.3 is 0 Å². The number of hydrogen-bond acceptors (Lipinski definition) is 4. The second-order valence-corrected chi connectivity index (χ2v) is 5.06. The SMILES string of the molecule is N=C(N)c1cccc(CN2CC[C@H](NCC(N)=O)C2=O)c1. The Hall–Kier alpha value is -2.41. The molecule has 0 bridgehead atoms. The number of amides is 2. The van der Waals surface area contributed by atoms with Gasteiger partial charge < -0.3 is 16.4 Å². The van der Waals surface area contributed by atoms with Gasteiger partial charge in [-0.25, -0.2) is 0 Å². The largest absolute Gasteiger partial charge is 0.384 e. The van der Waals surface area contributed by atoms with Gasteiger partial charge in [-0.2, -0.15) is 0 Å². The lowest BCUT2D eigenvalue weighted by molar-refractivity contribution is -0.130. The third-order valence-corrected chi connectivity index (χ3v) is 3.43. The molecule has 1 aromatic carbocycles. The van der Waals surface area contributed by atoms with Crippen molar-refractivity contribution in [1.82, 2.24) is 10.2 Å². The Bertz CT molecular complexity index is 572. The van der Waals surface area contributed by atoms with E-state index in [2.05, 4.69) is 5.32 Å². The van der Waals surface area contributed by atoms with E-state index in [0.29, 0.717) is 25.1 Å². The van der Waals surface area contributed by atoms with Crippen LogP contribution in [0.15, 0.2) is 24.3 Å². The molecule has 0 aromatic heterocycles. The van der Waals surface area contributed by atoms with Crippen molar-refractivity contribution in [3.8, 4) is 0 Å². The van der Waals surface area contributed by atoms with Gasteiger partial charge in [-0.1, -0.05) is 18.2 Å². The maximum Gasteiger partial charge on any atom is 0.240 e. The number of nitrogens with zero attached hydrogens (tertiary/aromatic N) is 1. The molecule has 1 aromatic rings. The van der Waals surface area contributed by atoms with Gasteiger partial charge in [-0.05, 0) is 18.1 Å². The smallest absolute Gasteiger partial charge is 0.240 e. The molecule has 0 aliphatic carbocycles. The second kappa shape index (κ2) is 6.36. The van der Waals surface area contributed by atoms with E-state index in [1.807, 2.05) is 12.1 Å². The summed E-state index contributed by atoms with van der Waals surface area (Å²) in [6.45, 7) is 1.10. The monoisotopic (exact) mass is 289 g/mol. The van der Waals surface area contributed by atoms with Crippen molar-refractivity contribution in [2.75, 3.05) is 13.1 Å². The third kappa shape index (κ3) is 3.79. The van der Waals surface area contributed by atoms with Gasteiger partial charge in [0.2, 0.25) is 11.8 Å². The molecule has 2 rings (SSSR count). The number of likely N-dealkylation sites (tertiary alicyclic amines) is 1. The van der Waals surface area contributed by atoms with Crippen LogP contribution < -0.4 is 16.8 Å². The lowest BCUT2D eigenvalue weighted by Gasteiger charge is -2.17. The fourth-order valence-corrected chi connectivity index (χ4v) is 2.37. The number of benzene rings is 1. The third-order valence-electron chi connectivity index (χ3n) is 3.43. The van der Waals surface area contributed by atoms with Crippen molar-refractivity contribution in [1.29, 1.82) is 5.41 Å². The summed E-state index contributed by atoms with van der Waals surface area (Å²) >= 11 is 0. The number of amidine groups is 1. The van der Waals surface area contributed by atoms with Crippen molar-refractivity contribution < 1.29 is 9.59 Å². The van der Waals surface area contributed by atoms with Gasteiger partial charge in [0.15, 0.2) is 0 Å². The zero-order valence-corrected chi connectivity index (χ0v) is 11.6. The number of nitrogens with two attached hydrogens (primary N) is 2. The van der Waals surface area contributed by atoms with Crippen LogP contribution in [0.1, 0.15) is 17.5 Å². The second-order valence-electron chi connectivity index (χ2n) is 5.06. The van der Waals surface area contributed by atoms with E-state index in [9.17, 15) is 9.59 Å². The molecule has 0 spiro atoms. The molecule has 1 aliphatic heterocycles. The van der Waals surface area contributed by atoms with Crippen LogP contribution in [0.2, 0.25) is 0 Å². The Morgan fingerprint density at radius 1 is 1.43 bits per heavy atom. The minimum absolute atomic E-state index is 0.00404. The standard InChI is InChI=1S/C14H19N5O2/c15-12(20)7-18-11-4-5-19(14(11)21)8-9-2-1-3-10(6-9)13(16)17/h1-3,6,11,18H,4-5,7-8H2,(H2,15,20)(H3,16,17)/t11-/m0/s1. The Morgan fingerprint density at radius 2 is 2.19 bits per heavy atom. The molecule has 1 atom stereocenters. The normalized spacial score (nSPS) is 18.0. The molecule has 0 saturated carbocycles. The fourth-order valence-electron chi connectivity index (χ4n) is 2.37. The van der Waals surface area contributed by atoms with E-state index < -0.39 is 5.91 Å². The highest BCUT2D eigenvalue weighted by molar-refractivity contribution is 5.95. The first-order valence-electron chi connectivity index (χ1n) is 6.71. The van der Waals surface area contributed by atoms with E-state index in [1.165, 1.54) is 0 Å². The molecular weight excluding hydrogens is 270 g/mol. The predicted molar refractivity (Wildman–Crippen MR) is 78.5 cm³/mol. The van der Waals surface area contributed by atoms with Gasteiger partial charge in [0.25, 0.3) is 0 Å². The topological polar surface area (TPSA) is 125 Å². The fraction of sp³-hybridized carbons (Fsp3) is 0.357. The number of primary amides is 1. The maximum atomic E-state index is 12.2. The molecule has 7 nitrogen and oxygen atoms in total. The van der Waals surface area contributed by atoms with Crippen LogP contribution in [0.5, 0.6) is 0 Å². The van der Waals surface area contributed by atoms with Gasteiger partial charge in [0.05, 0.1) is 12.6 Å². The van der Waals surface area contributed by atoms with Crippen molar-refractivity contribution in [2.24, 2.45) is 11.5 Å². The summed E-state index contributed by atoms with van der Waals surface area (Å²) in [5.41, 5.74) is 12.1. The number of carbonyl (C=O) groups is 2. The van der Waals surface area contributed by atoms with Crippen LogP contribution in [0.4, 0.5) is 0 Å². The van der Waals surface area contributed by atoms with E-state index in [0.717, 1.165) is 5.56 Å². The summed E-state index contributed by atoms with van der Waals surface area (Å²) in [5.74, 6) is -0.509. The molecule has 112 valence electrons. The summed E-state index contributed by atoms with van der Waals surface area (Å²) in [6.07, 6.45) is 0.651. The summed E-state index contributed by atoms with van der Waals surface area (Å²) in [7, 11) is 0. The van der Waals surface area contributed by atoms with Gasteiger partial charge in [0.1, 0.15) is 5.84 Å². The summed E-state index contributed by atoms with van der Waals surface area (Å²) in [6, 6.07) is 6.92. The number of nitrogen functional groups attached to an aromatic ring is 1. The molecule has 1 heterocycles.